The fraction of sp³-hybridized carbons (Fsp3) is 0.222. The predicted octanol–water partition coefficient (Wildman–Crippen LogP) is 4.28. The summed E-state index contributed by atoms with van der Waals surface area (Å²) >= 11 is 5.64. The molecular weight excluding hydrogens is 333 g/mol. The number of para-hydroxylation sites is 1. The number of carbonyl (C=O) groups excluding carboxylic acids is 2. The maximum Gasteiger partial charge on any atom is 0.341 e. The Labute approximate surface area is 144 Å². The van der Waals surface area contributed by atoms with Gasteiger partial charge in [-0.25, -0.2) is 9.18 Å². The second kappa shape index (κ2) is 7.45. The molecule has 24 heavy (non-hydrogen) atoms. The minimum atomic E-state index is -1.08. The van der Waals surface area contributed by atoms with E-state index in [9.17, 15) is 14.0 Å². The third-order valence-electron chi connectivity index (χ3n) is 3.53. The molecule has 0 aliphatic carbocycles. The average Bonchev–Trinajstić information content (AvgIpc) is 2.50. The summed E-state index contributed by atoms with van der Waals surface area (Å²) in [6, 6.07) is 9.22. The molecule has 6 heteroatoms. The Kier molecular flexibility index (Phi) is 5.57. The number of ether oxygens (including phenoxy) is 1. The Morgan fingerprint density at radius 2 is 1.79 bits per heavy atom. The van der Waals surface area contributed by atoms with Crippen LogP contribution in [0.2, 0.25) is 5.02 Å². The van der Waals surface area contributed by atoms with E-state index in [2.05, 4.69) is 5.32 Å². The Bertz CT molecular complexity index is 772. The largest absolute Gasteiger partial charge is 0.449 e. The van der Waals surface area contributed by atoms with Gasteiger partial charge in [0.1, 0.15) is 5.82 Å². The van der Waals surface area contributed by atoms with Crippen LogP contribution >= 0.6 is 11.6 Å². The molecule has 0 heterocycles. The van der Waals surface area contributed by atoms with Crippen LogP contribution in [-0.2, 0) is 9.53 Å². The van der Waals surface area contributed by atoms with Crippen molar-refractivity contribution in [3.05, 3.63) is 63.9 Å². The van der Waals surface area contributed by atoms with Gasteiger partial charge in [-0.05, 0) is 50.1 Å². The van der Waals surface area contributed by atoms with E-state index < -0.39 is 23.8 Å². The molecule has 0 aliphatic rings. The number of hydrogen-bond donors (Lipinski definition) is 1. The van der Waals surface area contributed by atoms with Crippen molar-refractivity contribution < 1.29 is 18.7 Å². The first-order valence-electron chi connectivity index (χ1n) is 7.32. The fourth-order valence-corrected chi connectivity index (χ4v) is 2.33. The summed E-state index contributed by atoms with van der Waals surface area (Å²) in [4.78, 5) is 24.2. The first-order chi connectivity index (χ1) is 11.3. The van der Waals surface area contributed by atoms with Crippen LogP contribution in [-0.4, -0.2) is 18.0 Å². The van der Waals surface area contributed by atoms with Crippen LogP contribution in [0.25, 0.3) is 0 Å². The number of aryl methyl sites for hydroxylation is 2. The first kappa shape index (κ1) is 17.9. The molecule has 0 aliphatic heterocycles. The van der Waals surface area contributed by atoms with Crippen molar-refractivity contribution in [2.45, 2.75) is 26.9 Å². The van der Waals surface area contributed by atoms with E-state index in [1.165, 1.54) is 19.1 Å². The summed E-state index contributed by atoms with van der Waals surface area (Å²) in [6.07, 6.45) is -1.08. The Morgan fingerprint density at radius 1 is 1.17 bits per heavy atom. The highest BCUT2D eigenvalue weighted by Gasteiger charge is 2.22. The SMILES string of the molecule is Cc1cccc(C)c1NC(=O)[C@@H](C)OC(=O)c1ccc(Cl)cc1F. The molecule has 2 aromatic carbocycles. The van der Waals surface area contributed by atoms with Gasteiger partial charge in [0.2, 0.25) is 0 Å². The van der Waals surface area contributed by atoms with Crippen LogP contribution in [0, 0.1) is 19.7 Å². The molecule has 0 unspecified atom stereocenters. The number of carbonyl (C=O) groups is 2. The number of esters is 1. The summed E-state index contributed by atoms with van der Waals surface area (Å²) < 4.78 is 18.8. The summed E-state index contributed by atoms with van der Waals surface area (Å²) in [7, 11) is 0. The zero-order valence-electron chi connectivity index (χ0n) is 13.5. The summed E-state index contributed by atoms with van der Waals surface area (Å²) in [5.41, 5.74) is 2.19. The molecule has 1 amide bonds. The van der Waals surface area contributed by atoms with Gasteiger partial charge < -0.3 is 10.1 Å². The first-order valence-corrected chi connectivity index (χ1v) is 7.70. The van der Waals surface area contributed by atoms with Crippen LogP contribution in [0.1, 0.15) is 28.4 Å². The minimum Gasteiger partial charge on any atom is -0.449 e. The van der Waals surface area contributed by atoms with Crippen molar-refractivity contribution in [2.24, 2.45) is 0 Å². The quantitative estimate of drug-likeness (QED) is 0.838. The Morgan fingerprint density at radius 3 is 2.38 bits per heavy atom. The standard InChI is InChI=1S/C18H17ClFNO3/c1-10-5-4-6-11(2)16(10)21-17(22)12(3)24-18(23)14-8-7-13(19)9-15(14)20/h4-9,12H,1-3H3,(H,21,22)/t12-/m1/s1. The number of hydrogen-bond acceptors (Lipinski definition) is 3. The van der Waals surface area contributed by atoms with E-state index >= 15 is 0 Å². The van der Waals surface area contributed by atoms with Crippen molar-refractivity contribution in [3.8, 4) is 0 Å². The van der Waals surface area contributed by atoms with Crippen molar-refractivity contribution in [1.29, 1.82) is 0 Å². The highest BCUT2D eigenvalue weighted by atomic mass is 35.5. The minimum absolute atomic E-state index is 0.171. The van der Waals surface area contributed by atoms with E-state index in [4.69, 9.17) is 16.3 Å². The lowest BCUT2D eigenvalue weighted by Crippen LogP contribution is -2.30. The van der Waals surface area contributed by atoms with Crippen LogP contribution in [0.4, 0.5) is 10.1 Å². The lowest BCUT2D eigenvalue weighted by Gasteiger charge is -2.16. The van der Waals surface area contributed by atoms with Gasteiger partial charge in [-0.3, -0.25) is 4.79 Å². The van der Waals surface area contributed by atoms with Crippen molar-refractivity contribution in [1.82, 2.24) is 0 Å². The number of rotatable bonds is 4. The maximum absolute atomic E-state index is 13.7. The zero-order chi connectivity index (χ0) is 17.9. The van der Waals surface area contributed by atoms with Gasteiger partial charge in [0.25, 0.3) is 5.91 Å². The molecule has 1 atom stereocenters. The van der Waals surface area contributed by atoms with Gasteiger partial charge in [0.05, 0.1) is 5.56 Å². The molecule has 0 fully saturated rings. The smallest absolute Gasteiger partial charge is 0.341 e. The van der Waals surface area contributed by atoms with Gasteiger partial charge in [0, 0.05) is 10.7 Å². The third kappa shape index (κ3) is 4.11. The van der Waals surface area contributed by atoms with Gasteiger partial charge in [-0.15, -0.1) is 0 Å². The molecule has 126 valence electrons. The Hall–Kier alpha value is -2.40. The summed E-state index contributed by atoms with van der Waals surface area (Å²) in [5.74, 6) is -2.21. The predicted molar refractivity (Wildman–Crippen MR) is 90.8 cm³/mol. The molecule has 1 N–H and O–H groups in total. The topological polar surface area (TPSA) is 55.4 Å². The fourth-order valence-electron chi connectivity index (χ4n) is 2.17. The van der Waals surface area contributed by atoms with E-state index in [-0.39, 0.29) is 10.6 Å². The lowest BCUT2D eigenvalue weighted by atomic mass is 10.1. The van der Waals surface area contributed by atoms with E-state index in [0.29, 0.717) is 5.69 Å². The molecular formula is C18H17ClFNO3. The van der Waals surface area contributed by atoms with Crippen molar-refractivity contribution >= 4 is 29.2 Å². The number of anilines is 1. The van der Waals surface area contributed by atoms with E-state index in [1.54, 1.807) is 0 Å². The maximum atomic E-state index is 13.7. The van der Waals surface area contributed by atoms with E-state index in [0.717, 1.165) is 17.2 Å². The highest BCUT2D eigenvalue weighted by molar-refractivity contribution is 6.30. The normalized spacial score (nSPS) is 11.7. The van der Waals surface area contributed by atoms with Crippen LogP contribution < -0.4 is 5.32 Å². The number of halogens is 2. The second-order valence-electron chi connectivity index (χ2n) is 5.43. The number of benzene rings is 2. The van der Waals surface area contributed by atoms with Gasteiger partial charge in [-0.1, -0.05) is 29.8 Å². The monoisotopic (exact) mass is 349 g/mol. The van der Waals surface area contributed by atoms with Gasteiger partial charge in [0.15, 0.2) is 6.10 Å². The van der Waals surface area contributed by atoms with Crippen LogP contribution in [0.3, 0.4) is 0 Å². The second-order valence-corrected chi connectivity index (χ2v) is 5.86. The summed E-state index contributed by atoms with van der Waals surface area (Å²) in [6.45, 7) is 5.15. The lowest BCUT2D eigenvalue weighted by molar-refractivity contribution is -0.123. The molecule has 0 saturated heterocycles. The number of nitrogens with one attached hydrogen (secondary N) is 1. The average molecular weight is 350 g/mol. The third-order valence-corrected chi connectivity index (χ3v) is 3.77. The highest BCUT2D eigenvalue weighted by Crippen LogP contribution is 2.20. The molecule has 2 rings (SSSR count). The molecule has 0 bridgehead atoms. The number of amides is 1. The van der Waals surface area contributed by atoms with Gasteiger partial charge in [-0.2, -0.15) is 0 Å². The molecule has 0 saturated carbocycles. The van der Waals surface area contributed by atoms with E-state index in [1.807, 2.05) is 32.0 Å². The van der Waals surface area contributed by atoms with Crippen molar-refractivity contribution in [2.75, 3.05) is 5.32 Å². The van der Waals surface area contributed by atoms with Gasteiger partial charge >= 0.3 is 5.97 Å². The molecule has 0 aromatic heterocycles. The molecule has 2 aromatic rings. The molecule has 0 radical (unpaired) electrons. The van der Waals surface area contributed by atoms with Crippen LogP contribution in [0.15, 0.2) is 36.4 Å². The molecule has 4 nitrogen and oxygen atoms in total. The molecule has 0 spiro atoms. The van der Waals surface area contributed by atoms with Crippen LogP contribution in [0.5, 0.6) is 0 Å². The summed E-state index contributed by atoms with van der Waals surface area (Å²) in [5, 5.41) is 2.90. The Balaban J connectivity index is 2.07. The zero-order valence-corrected chi connectivity index (χ0v) is 14.3. The van der Waals surface area contributed by atoms with Crippen molar-refractivity contribution in [3.63, 3.8) is 0 Å².